The third kappa shape index (κ3) is 11.6. The van der Waals surface area contributed by atoms with Gasteiger partial charge in [0.1, 0.15) is 12.4 Å². The molecule has 0 aliphatic carbocycles. The molecule has 1 aromatic heterocycles. The van der Waals surface area contributed by atoms with Gasteiger partial charge in [0.05, 0.1) is 13.6 Å². The zero-order valence-electron chi connectivity index (χ0n) is 20.7. The molecule has 0 aliphatic heterocycles. The maximum absolute atomic E-state index is 2.48. The molecule has 2 nitrogen and oxygen atoms in total. The first-order valence-corrected chi connectivity index (χ1v) is 13.4. The van der Waals surface area contributed by atoms with Crippen LogP contribution < -0.4 is 4.57 Å². The van der Waals surface area contributed by atoms with Gasteiger partial charge in [0.2, 0.25) is 0 Å². The van der Waals surface area contributed by atoms with Gasteiger partial charge in [0.15, 0.2) is 0 Å². The van der Waals surface area contributed by atoms with Gasteiger partial charge in [-0.1, -0.05) is 121 Å². The molecule has 0 bridgehead atoms. The fourth-order valence-electron chi connectivity index (χ4n) is 4.65. The van der Waals surface area contributed by atoms with Crippen molar-refractivity contribution in [2.45, 2.75) is 123 Å². The van der Waals surface area contributed by atoms with E-state index in [1.165, 1.54) is 121 Å². The minimum atomic E-state index is 1.13. The van der Waals surface area contributed by atoms with Gasteiger partial charge >= 0.3 is 0 Å². The lowest BCUT2D eigenvalue weighted by molar-refractivity contribution is -0.704. The zero-order valence-corrected chi connectivity index (χ0v) is 20.7. The summed E-state index contributed by atoms with van der Waals surface area (Å²) >= 11 is 0. The summed E-state index contributed by atoms with van der Waals surface area (Å²) in [6.45, 7) is 3.43. The summed E-state index contributed by atoms with van der Waals surface area (Å²) in [7, 11) is 2.20. The number of rotatable bonds is 19. The average Bonchev–Trinajstić information content (AvgIpc) is 3.14. The molecule has 0 saturated heterocycles. The van der Waals surface area contributed by atoms with Crippen molar-refractivity contribution in [1.29, 1.82) is 0 Å². The summed E-state index contributed by atoms with van der Waals surface area (Å²) in [4.78, 5) is 0. The lowest BCUT2D eigenvalue weighted by Gasteiger charge is -2.05. The Kier molecular flexibility index (Phi) is 14.1. The number of benzene rings is 1. The van der Waals surface area contributed by atoms with E-state index in [4.69, 9.17) is 0 Å². The second-order valence-electron chi connectivity index (χ2n) is 9.45. The van der Waals surface area contributed by atoms with Crippen LogP contribution in [0.15, 0.2) is 42.7 Å². The maximum atomic E-state index is 2.48. The first kappa shape index (κ1) is 25.7. The number of hydrogen-bond acceptors (Lipinski definition) is 0. The second-order valence-corrected chi connectivity index (χ2v) is 9.45. The van der Waals surface area contributed by atoms with Crippen molar-refractivity contribution >= 4 is 0 Å². The van der Waals surface area contributed by atoms with Gasteiger partial charge in [-0.15, -0.1) is 0 Å². The highest BCUT2D eigenvalue weighted by Crippen LogP contribution is 2.13. The minimum Gasteiger partial charge on any atom is -0.237 e. The highest BCUT2D eigenvalue weighted by molar-refractivity contribution is 5.14. The standard InChI is InChI=1S/C29H49N2/c1-3-4-5-6-7-8-9-10-11-12-13-14-15-19-24-29-30(2)26-27-31(29)25-20-23-28-21-17-16-18-22-28/h16-18,21-22,26-27H,3-15,19-20,23-25H2,1-2H3/q+1. The van der Waals surface area contributed by atoms with Crippen LogP contribution >= 0.6 is 0 Å². The van der Waals surface area contributed by atoms with Crippen molar-refractivity contribution in [3.8, 4) is 0 Å². The average molecular weight is 426 g/mol. The van der Waals surface area contributed by atoms with Crippen molar-refractivity contribution in [2.75, 3.05) is 0 Å². The predicted molar refractivity (Wildman–Crippen MR) is 134 cm³/mol. The van der Waals surface area contributed by atoms with E-state index in [0.29, 0.717) is 0 Å². The number of aryl methyl sites for hydroxylation is 3. The van der Waals surface area contributed by atoms with Gasteiger partial charge < -0.3 is 0 Å². The fourth-order valence-corrected chi connectivity index (χ4v) is 4.65. The van der Waals surface area contributed by atoms with E-state index >= 15 is 0 Å². The topological polar surface area (TPSA) is 8.81 Å². The van der Waals surface area contributed by atoms with Gasteiger partial charge in [0.25, 0.3) is 5.82 Å². The third-order valence-corrected chi connectivity index (χ3v) is 6.67. The van der Waals surface area contributed by atoms with Crippen LogP contribution in [0.5, 0.6) is 0 Å². The number of nitrogens with zero attached hydrogens (tertiary/aromatic N) is 2. The smallest absolute Gasteiger partial charge is 0.237 e. The Morgan fingerprint density at radius 1 is 0.645 bits per heavy atom. The van der Waals surface area contributed by atoms with Crippen LogP contribution in [-0.2, 0) is 26.4 Å². The van der Waals surface area contributed by atoms with Gasteiger partial charge in [-0.25, -0.2) is 9.13 Å². The fraction of sp³-hybridized carbons (Fsp3) is 0.690. The lowest BCUT2D eigenvalue weighted by Crippen LogP contribution is -2.37. The second kappa shape index (κ2) is 17.0. The number of hydrogen-bond donors (Lipinski definition) is 0. The molecular weight excluding hydrogens is 376 g/mol. The molecule has 0 amide bonds. The molecule has 174 valence electrons. The van der Waals surface area contributed by atoms with E-state index < -0.39 is 0 Å². The molecule has 0 N–H and O–H groups in total. The SMILES string of the molecule is CCCCCCCCCCCCCCCCc1n(C)cc[n+]1CCCc1ccccc1. The Hall–Kier alpha value is -1.57. The number of imidazole rings is 1. The summed E-state index contributed by atoms with van der Waals surface area (Å²) in [5, 5.41) is 0. The van der Waals surface area contributed by atoms with Crippen LogP contribution in [0.4, 0.5) is 0 Å². The van der Waals surface area contributed by atoms with Crippen molar-refractivity contribution in [2.24, 2.45) is 7.05 Å². The van der Waals surface area contributed by atoms with Crippen LogP contribution in [0, 0.1) is 0 Å². The van der Waals surface area contributed by atoms with Crippen LogP contribution in [0.2, 0.25) is 0 Å². The highest BCUT2D eigenvalue weighted by atomic mass is 15.1. The summed E-state index contributed by atoms with van der Waals surface area (Å²) in [5.41, 5.74) is 1.45. The Labute approximate surface area is 193 Å². The van der Waals surface area contributed by atoms with Crippen molar-refractivity contribution in [1.82, 2.24) is 4.57 Å². The highest BCUT2D eigenvalue weighted by Gasteiger charge is 2.13. The molecule has 0 saturated carbocycles. The van der Waals surface area contributed by atoms with Crippen molar-refractivity contribution in [3.05, 3.63) is 54.1 Å². The van der Waals surface area contributed by atoms with Crippen LogP contribution in [0.1, 0.15) is 115 Å². The molecule has 2 rings (SSSR count). The van der Waals surface area contributed by atoms with Gasteiger partial charge in [-0.2, -0.15) is 0 Å². The summed E-state index contributed by atoms with van der Waals surface area (Å²) in [6.07, 6.45) is 28.1. The monoisotopic (exact) mass is 425 g/mol. The molecule has 31 heavy (non-hydrogen) atoms. The largest absolute Gasteiger partial charge is 0.256 e. The zero-order chi connectivity index (χ0) is 22.0. The Morgan fingerprint density at radius 2 is 1.19 bits per heavy atom. The number of unbranched alkanes of at least 4 members (excludes halogenated alkanes) is 13. The molecule has 0 radical (unpaired) electrons. The molecule has 0 aliphatic rings. The van der Waals surface area contributed by atoms with Crippen molar-refractivity contribution in [3.63, 3.8) is 0 Å². The molecular formula is C29H49N2+. The van der Waals surface area contributed by atoms with E-state index in [0.717, 1.165) is 6.54 Å². The van der Waals surface area contributed by atoms with E-state index in [9.17, 15) is 0 Å². The van der Waals surface area contributed by atoms with Gasteiger partial charge in [-0.05, 0) is 24.8 Å². The molecule has 1 aromatic carbocycles. The van der Waals surface area contributed by atoms with Crippen LogP contribution in [0.3, 0.4) is 0 Å². The van der Waals surface area contributed by atoms with E-state index in [1.807, 2.05) is 0 Å². The molecule has 0 fully saturated rings. The molecule has 2 heteroatoms. The summed E-state index contributed by atoms with van der Waals surface area (Å²) in [6, 6.07) is 10.9. The predicted octanol–water partition coefficient (Wildman–Crippen LogP) is 7.97. The van der Waals surface area contributed by atoms with E-state index in [-0.39, 0.29) is 0 Å². The molecule has 1 heterocycles. The third-order valence-electron chi connectivity index (χ3n) is 6.67. The lowest BCUT2D eigenvalue weighted by atomic mass is 10.0. The van der Waals surface area contributed by atoms with Crippen molar-refractivity contribution < 1.29 is 4.57 Å². The maximum Gasteiger partial charge on any atom is 0.256 e. The first-order chi connectivity index (χ1) is 15.3. The Morgan fingerprint density at radius 3 is 1.77 bits per heavy atom. The Bertz CT molecular complexity index is 659. The van der Waals surface area contributed by atoms with Gasteiger partial charge in [-0.3, -0.25) is 0 Å². The minimum absolute atomic E-state index is 1.13. The molecule has 0 unspecified atom stereocenters. The normalized spacial score (nSPS) is 11.3. The number of aromatic nitrogens is 2. The first-order valence-electron chi connectivity index (χ1n) is 13.4. The van der Waals surface area contributed by atoms with E-state index in [2.05, 4.69) is 65.8 Å². The summed E-state index contributed by atoms with van der Waals surface area (Å²) < 4.78 is 4.80. The Balaban J connectivity index is 1.47. The molecule has 0 atom stereocenters. The van der Waals surface area contributed by atoms with Gasteiger partial charge in [0, 0.05) is 6.42 Å². The van der Waals surface area contributed by atoms with Crippen LogP contribution in [-0.4, -0.2) is 4.57 Å². The van der Waals surface area contributed by atoms with E-state index in [1.54, 1.807) is 0 Å². The molecule has 2 aromatic rings. The van der Waals surface area contributed by atoms with Crippen LogP contribution in [0.25, 0.3) is 0 Å². The summed E-state index contributed by atoms with van der Waals surface area (Å²) in [5.74, 6) is 1.49. The molecule has 0 spiro atoms. The quantitative estimate of drug-likeness (QED) is 0.159.